The third kappa shape index (κ3) is 6.12. The molecule has 3 aromatic carbocycles. The SMILES string of the molecule is O=S(=O)(NCCSc1nc(-c2ccc(Cl)cc2)c(-c2ccc(Cl)cc2)[nH]1)c1ccc(Cl)cc1. The number of benzene rings is 3. The van der Waals surface area contributed by atoms with Crippen LogP contribution in [0.5, 0.6) is 0 Å². The van der Waals surface area contributed by atoms with E-state index in [1.807, 2.05) is 48.5 Å². The van der Waals surface area contributed by atoms with Crippen LogP contribution in [0.2, 0.25) is 15.1 Å². The number of nitrogens with zero attached hydrogens (tertiary/aromatic N) is 1. The molecule has 0 bridgehead atoms. The Kier molecular flexibility index (Phi) is 7.69. The number of hydrogen-bond acceptors (Lipinski definition) is 4. The second-order valence-electron chi connectivity index (χ2n) is 6.98. The lowest BCUT2D eigenvalue weighted by atomic mass is 10.1. The predicted octanol–water partition coefficient (Wildman–Crippen LogP) is 6.77. The standard InChI is InChI=1S/C23H18Cl3N3O2S2/c24-17-5-1-15(2-6-17)21-22(16-3-7-18(25)8-4-16)29-23(28-21)32-14-13-27-33(30,31)20-11-9-19(26)10-12-20/h1-12,27H,13-14H2,(H,28,29). The van der Waals surface area contributed by atoms with E-state index in [1.165, 1.54) is 23.9 Å². The third-order valence-electron chi connectivity index (χ3n) is 4.69. The van der Waals surface area contributed by atoms with Crippen LogP contribution >= 0.6 is 46.6 Å². The quantitative estimate of drug-likeness (QED) is 0.192. The Morgan fingerprint density at radius 2 is 1.30 bits per heavy atom. The smallest absolute Gasteiger partial charge is 0.240 e. The van der Waals surface area contributed by atoms with E-state index >= 15 is 0 Å². The molecule has 5 nitrogen and oxygen atoms in total. The topological polar surface area (TPSA) is 74.8 Å². The fraction of sp³-hybridized carbons (Fsp3) is 0.0870. The molecule has 1 heterocycles. The van der Waals surface area contributed by atoms with E-state index in [0.717, 1.165) is 22.5 Å². The molecular formula is C23H18Cl3N3O2S2. The van der Waals surface area contributed by atoms with Crippen molar-refractivity contribution in [3.63, 3.8) is 0 Å². The molecule has 10 heteroatoms. The highest BCUT2D eigenvalue weighted by Gasteiger charge is 2.16. The summed E-state index contributed by atoms with van der Waals surface area (Å²) in [5, 5.41) is 2.45. The number of aromatic amines is 1. The number of sulfonamides is 1. The number of aromatic nitrogens is 2. The average Bonchev–Trinajstić information content (AvgIpc) is 3.22. The second-order valence-corrected chi connectivity index (χ2v) is 11.1. The summed E-state index contributed by atoms with van der Waals surface area (Å²) < 4.78 is 27.5. The van der Waals surface area contributed by atoms with Gasteiger partial charge in [0.15, 0.2) is 5.16 Å². The van der Waals surface area contributed by atoms with E-state index in [-0.39, 0.29) is 11.4 Å². The van der Waals surface area contributed by atoms with Crippen LogP contribution in [-0.2, 0) is 10.0 Å². The van der Waals surface area contributed by atoms with Crippen LogP contribution in [-0.4, -0.2) is 30.7 Å². The van der Waals surface area contributed by atoms with E-state index in [9.17, 15) is 8.42 Å². The zero-order valence-corrected chi connectivity index (χ0v) is 21.0. The van der Waals surface area contributed by atoms with Crippen LogP contribution in [0.25, 0.3) is 22.5 Å². The van der Waals surface area contributed by atoms with Crippen molar-refractivity contribution in [2.24, 2.45) is 0 Å². The Morgan fingerprint density at radius 1 is 0.788 bits per heavy atom. The van der Waals surface area contributed by atoms with Gasteiger partial charge in [0.1, 0.15) is 0 Å². The first kappa shape index (κ1) is 24.1. The van der Waals surface area contributed by atoms with Gasteiger partial charge in [-0.1, -0.05) is 70.8 Å². The fourth-order valence-corrected chi connectivity index (χ4v) is 5.35. The van der Waals surface area contributed by atoms with Crippen molar-refractivity contribution in [3.8, 4) is 22.5 Å². The number of halogens is 3. The van der Waals surface area contributed by atoms with E-state index in [4.69, 9.17) is 39.8 Å². The first-order valence-electron chi connectivity index (χ1n) is 9.82. The number of imidazole rings is 1. The summed E-state index contributed by atoms with van der Waals surface area (Å²) >= 11 is 19.3. The summed E-state index contributed by atoms with van der Waals surface area (Å²) in [6.45, 7) is 0.239. The molecule has 0 amide bonds. The molecule has 4 rings (SSSR count). The maximum absolute atomic E-state index is 12.4. The largest absolute Gasteiger partial charge is 0.332 e. The zero-order chi connectivity index (χ0) is 23.4. The Morgan fingerprint density at radius 3 is 1.88 bits per heavy atom. The van der Waals surface area contributed by atoms with Gasteiger partial charge in [0.05, 0.1) is 16.3 Å². The van der Waals surface area contributed by atoms with Crippen LogP contribution in [0, 0.1) is 0 Å². The monoisotopic (exact) mass is 537 g/mol. The number of rotatable bonds is 8. The van der Waals surface area contributed by atoms with Crippen molar-refractivity contribution < 1.29 is 8.42 Å². The Balaban J connectivity index is 1.50. The number of thioether (sulfide) groups is 1. The molecule has 0 saturated heterocycles. The van der Waals surface area contributed by atoms with Gasteiger partial charge in [0.25, 0.3) is 0 Å². The summed E-state index contributed by atoms with van der Waals surface area (Å²) in [6.07, 6.45) is 0. The normalized spacial score (nSPS) is 11.6. The minimum atomic E-state index is -3.61. The molecule has 170 valence electrons. The third-order valence-corrected chi connectivity index (χ3v) is 7.80. The summed E-state index contributed by atoms with van der Waals surface area (Å²) in [5.74, 6) is 0.487. The molecule has 4 aromatic rings. The lowest BCUT2D eigenvalue weighted by Gasteiger charge is -2.06. The van der Waals surface area contributed by atoms with E-state index in [0.29, 0.717) is 26.0 Å². The highest BCUT2D eigenvalue weighted by molar-refractivity contribution is 7.99. The molecule has 0 fully saturated rings. The first-order chi connectivity index (χ1) is 15.8. The Hall–Kier alpha value is -2.00. The molecule has 2 N–H and O–H groups in total. The Bertz CT molecular complexity index is 1280. The summed E-state index contributed by atoms with van der Waals surface area (Å²) in [6, 6.07) is 21.0. The maximum atomic E-state index is 12.4. The molecular weight excluding hydrogens is 521 g/mol. The Labute approximate surface area is 211 Å². The van der Waals surface area contributed by atoms with Gasteiger partial charge in [0, 0.05) is 38.5 Å². The minimum absolute atomic E-state index is 0.171. The summed E-state index contributed by atoms with van der Waals surface area (Å²) in [7, 11) is -3.61. The molecule has 0 aliphatic carbocycles. The molecule has 0 atom stereocenters. The van der Waals surface area contributed by atoms with E-state index in [2.05, 4.69) is 9.71 Å². The summed E-state index contributed by atoms with van der Waals surface area (Å²) in [5.41, 5.74) is 3.47. The second kappa shape index (κ2) is 10.5. The van der Waals surface area contributed by atoms with Gasteiger partial charge in [-0.05, 0) is 48.5 Å². The van der Waals surface area contributed by atoms with Crippen LogP contribution < -0.4 is 4.72 Å². The van der Waals surface area contributed by atoms with E-state index < -0.39 is 10.0 Å². The van der Waals surface area contributed by atoms with Gasteiger partial charge < -0.3 is 4.98 Å². The fourth-order valence-electron chi connectivity index (χ4n) is 3.08. The van der Waals surface area contributed by atoms with Crippen molar-refractivity contribution in [2.75, 3.05) is 12.3 Å². The first-order valence-corrected chi connectivity index (χ1v) is 13.4. The summed E-state index contributed by atoms with van der Waals surface area (Å²) in [4.78, 5) is 8.27. The van der Waals surface area contributed by atoms with Gasteiger partial charge in [0.2, 0.25) is 10.0 Å². The highest BCUT2D eigenvalue weighted by Crippen LogP contribution is 2.33. The van der Waals surface area contributed by atoms with Crippen molar-refractivity contribution in [1.29, 1.82) is 0 Å². The van der Waals surface area contributed by atoms with Gasteiger partial charge in [-0.15, -0.1) is 0 Å². The number of hydrogen-bond donors (Lipinski definition) is 2. The molecule has 0 aliphatic rings. The lowest BCUT2D eigenvalue weighted by Crippen LogP contribution is -2.26. The molecule has 0 aliphatic heterocycles. The van der Waals surface area contributed by atoms with Crippen molar-refractivity contribution in [1.82, 2.24) is 14.7 Å². The molecule has 1 aromatic heterocycles. The van der Waals surface area contributed by atoms with Crippen molar-refractivity contribution >= 4 is 56.6 Å². The van der Waals surface area contributed by atoms with Gasteiger partial charge >= 0.3 is 0 Å². The number of nitrogens with one attached hydrogen (secondary N) is 2. The highest BCUT2D eigenvalue weighted by atomic mass is 35.5. The molecule has 0 radical (unpaired) electrons. The minimum Gasteiger partial charge on any atom is -0.332 e. The van der Waals surface area contributed by atoms with Crippen molar-refractivity contribution in [2.45, 2.75) is 10.1 Å². The van der Waals surface area contributed by atoms with Crippen LogP contribution in [0.15, 0.2) is 82.8 Å². The molecule has 33 heavy (non-hydrogen) atoms. The predicted molar refractivity (Wildman–Crippen MR) is 137 cm³/mol. The van der Waals surface area contributed by atoms with Gasteiger partial charge in [-0.25, -0.2) is 18.1 Å². The van der Waals surface area contributed by atoms with E-state index in [1.54, 1.807) is 12.1 Å². The molecule has 0 saturated carbocycles. The lowest BCUT2D eigenvalue weighted by molar-refractivity contribution is 0.584. The van der Waals surface area contributed by atoms with Gasteiger partial charge in [-0.2, -0.15) is 0 Å². The van der Waals surface area contributed by atoms with Crippen LogP contribution in [0.4, 0.5) is 0 Å². The van der Waals surface area contributed by atoms with Gasteiger partial charge in [-0.3, -0.25) is 0 Å². The van der Waals surface area contributed by atoms with Crippen molar-refractivity contribution in [3.05, 3.63) is 87.9 Å². The maximum Gasteiger partial charge on any atom is 0.240 e. The molecule has 0 unspecified atom stereocenters. The average molecular weight is 539 g/mol. The van der Waals surface area contributed by atoms with Crippen LogP contribution in [0.3, 0.4) is 0 Å². The van der Waals surface area contributed by atoms with Crippen LogP contribution in [0.1, 0.15) is 0 Å². The number of H-pyrrole nitrogens is 1. The molecule has 0 spiro atoms. The zero-order valence-electron chi connectivity index (χ0n) is 17.1.